The van der Waals surface area contributed by atoms with Crippen molar-refractivity contribution in [3.05, 3.63) is 192 Å². The van der Waals surface area contributed by atoms with Crippen LogP contribution in [0.1, 0.15) is 132 Å². The Morgan fingerprint density at radius 1 is 0.406 bits per heavy atom. The van der Waals surface area contributed by atoms with Gasteiger partial charge in [0.2, 0.25) is 11.8 Å². The Labute approximate surface area is 554 Å². The zero-order valence-electron chi connectivity index (χ0n) is 53.5. The van der Waals surface area contributed by atoms with E-state index in [0.717, 1.165) is 74.0 Å². The number of esters is 2. The molecule has 18 nitrogen and oxygen atoms in total. The molecule has 488 valence electrons. The monoisotopic (exact) mass is 1290 g/mol. The number of hydrogen-bond donors (Lipinski definition) is 2. The maximum Gasteiger partial charge on any atom is 0.329 e. The van der Waals surface area contributed by atoms with E-state index in [4.69, 9.17) is 28.4 Å². The molecule has 2 atom stereocenters. The maximum atomic E-state index is 16.2. The molecule has 9 aromatic carbocycles. The summed E-state index contributed by atoms with van der Waals surface area (Å²) in [6.07, 6.45) is 8.84. The maximum absolute atomic E-state index is 16.2. The van der Waals surface area contributed by atoms with Crippen molar-refractivity contribution in [3.8, 4) is 46.0 Å². The highest BCUT2D eigenvalue weighted by Crippen LogP contribution is 2.58. The fraction of sp³-hybridized carbons (Fsp3) is 0.282. The Bertz CT molecular complexity index is 4080. The third-order valence-electron chi connectivity index (χ3n) is 18.6. The number of hydrogen-bond acceptors (Lipinski definition) is 14. The zero-order valence-corrected chi connectivity index (χ0v) is 53.5. The van der Waals surface area contributed by atoms with Crippen molar-refractivity contribution in [3.63, 3.8) is 0 Å². The molecule has 2 fully saturated rings. The summed E-state index contributed by atoms with van der Waals surface area (Å²) in [7, 11) is 0. The molecule has 9 aromatic rings. The number of nitrogens with zero attached hydrogens (tertiary/aromatic N) is 2. The zero-order chi connectivity index (χ0) is 66.7. The minimum absolute atomic E-state index is 0.00263. The molecule has 2 heterocycles. The van der Waals surface area contributed by atoms with E-state index in [-0.39, 0.29) is 150 Å². The molecule has 13 rings (SSSR count). The number of rotatable bonds is 24. The summed E-state index contributed by atoms with van der Waals surface area (Å²) in [5.74, 6) is -4.15. The first-order valence-electron chi connectivity index (χ1n) is 32.9. The molecule has 0 aromatic heterocycles. The second-order valence-electron chi connectivity index (χ2n) is 25.2. The predicted octanol–water partition coefficient (Wildman–Crippen LogP) is 15.2. The fourth-order valence-electron chi connectivity index (χ4n) is 14.1. The van der Waals surface area contributed by atoms with Gasteiger partial charge in [-0.1, -0.05) is 150 Å². The van der Waals surface area contributed by atoms with Gasteiger partial charge in [-0.15, -0.1) is 0 Å². The van der Waals surface area contributed by atoms with Crippen molar-refractivity contribution < 1.29 is 66.8 Å². The first-order chi connectivity index (χ1) is 46.6. The van der Waals surface area contributed by atoms with E-state index in [1.165, 1.54) is 0 Å². The Hall–Kier alpha value is -10.9. The van der Waals surface area contributed by atoms with Crippen molar-refractivity contribution in [1.29, 1.82) is 0 Å². The summed E-state index contributed by atoms with van der Waals surface area (Å²) in [4.78, 5) is 122. The first-order valence-corrected chi connectivity index (χ1v) is 32.9. The Kier molecular flexibility index (Phi) is 18.4. The normalized spacial score (nSPS) is 15.6. The quantitative estimate of drug-likeness (QED) is 0.0143. The van der Waals surface area contributed by atoms with Gasteiger partial charge < -0.3 is 39.1 Å². The molecule has 18 heteroatoms. The highest BCUT2D eigenvalue weighted by molar-refractivity contribution is 6.45. The molecule has 0 bridgehead atoms. The molecule has 2 aliphatic heterocycles. The molecule has 96 heavy (non-hydrogen) atoms. The van der Waals surface area contributed by atoms with Crippen LogP contribution in [0.5, 0.6) is 46.0 Å². The second kappa shape index (κ2) is 27.6. The van der Waals surface area contributed by atoms with Crippen molar-refractivity contribution in [2.75, 3.05) is 26.3 Å². The lowest BCUT2D eigenvalue weighted by molar-refractivity contribution is -0.149. The van der Waals surface area contributed by atoms with Gasteiger partial charge >= 0.3 is 11.9 Å². The number of carbonyl (C=O) groups is 8. The number of carbonyl (C=O) groups excluding carboxylic acids is 8. The van der Waals surface area contributed by atoms with Crippen LogP contribution >= 0.6 is 0 Å². The molecular formula is C78H72N4O14. The Morgan fingerprint density at radius 2 is 0.677 bits per heavy atom. The van der Waals surface area contributed by atoms with Gasteiger partial charge in [0, 0.05) is 54.2 Å². The summed E-state index contributed by atoms with van der Waals surface area (Å²) < 4.78 is 40.2. The number of benzene rings is 9. The second-order valence-corrected chi connectivity index (χ2v) is 25.2. The average Bonchev–Trinajstić information content (AvgIpc) is 0.665. The molecule has 0 spiro atoms. The van der Waals surface area contributed by atoms with Crippen LogP contribution < -0.4 is 29.6 Å². The summed E-state index contributed by atoms with van der Waals surface area (Å²) in [5.41, 5.74) is 0.521. The third kappa shape index (κ3) is 12.6. The molecule has 2 unspecified atom stereocenters. The van der Waals surface area contributed by atoms with Crippen LogP contribution in [0.25, 0.3) is 43.1 Å². The van der Waals surface area contributed by atoms with Crippen LogP contribution in [0, 0.1) is 11.8 Å². The van der Waals surface area contributed by atoms with E-state index >= 15 is 19.2 Å². The van der Waals surface area contributed by atoms with E-state index in [0.29, 0.717) is 23.0 Å². The minimum Gasteiger partial charge on any atom is -0.462 e. The molecule has 2 saturated carbocycles. The van der Waals surface area contributed by atoms with Crippen LogP contribution in [-0.4, -0.2) is 95.6 Å². The van der Waals surface area contributed by atoms with Crippen molar-refractivity contribution in [2.24, 2.45) is 11.8 Å². The van der Waals surface area contributed by atoms with Gasteiger partial charge in [-0.3, -0.25) is 38.6 Å². The topological polar surface area (TPSA) is 222 Å². The van der Waals surface area contributed by atoms with Gasteiger partial charge in [-0.05, 0) is 111 Å². The molecule has 4 aliphatic rings. The number of nitrogens with one attached hydrogen (secondary N) is 2. The Balaban J connectivity index is 1.11. The predicted molar refractivity (Wildman–Crippen MR) is 362 cm³/mol. The van der Waals surface area contributed by atoms with E-state index < -0.39 is 59.5 Å². The number of ether oxygens (including phenoxy) is 6. The van der Waals surface area contributed by atoms with E-state index in [1.54, 1.807) is 135 Å². The van der Waals surface area contributed by atoms with Gasteiger partial charge in [-0.2, -0.15) is 0 Å². The number of para-hydroxylation sites is 4. The van der Waals surface area contributed by atoms with Gasteiger partial charge in [-0.25, -0.2) is 9.59 Å². The highest BCUT2D eigenvalue weighted by Gasteiger charge is 2.48. The highest BCUT2D eigenvalue weighted by atomic mass is 16.5. The summed E-state index contributed by atoms with van der Waals surface area (Å²) in [5, 5.41) is 7.40. The van der Waals surface area contributed by atoms with Gasteiger partial charge in [0.25, 0.3) is 23.6 Å². The smallest absolute Gasteiger partial charge is 0.329 e. The van der Waals surface area contributed by atoms with Crippen LogP contribution in [0.2, 0.25) is 0 Å². The van der Waals surface area contributed by atoms with Crippen molar-refractivity contribution >= 4 is 90.5 Å². The largest absolute Gasteiger partial charge is 0.462 e. The van der Waals surface area contributed by atoms with Gasteiger partial charge in [0.05, 0.1) is 35.3 Å². The van der Waals surface area contributed by atoms with E-state index in [2.05, 4.69) is 23.8 Å². The summed E-state index contributed by atoms with van der Waals surface area (Å²) in [6, 6.07) is 39.0. The van der Waals surface area contributed by atoms with E-state index in [1.807, 2.05) is 24.3 Å². The molecular weight excluding hydrogens is 1220 g/mol. The van der Waals surface area contributed by atoms with Crippen LogP contribution in [0.3, 0.4) is 0 Å². The fourth-order valence-corrected chi connectivity index (χ4v) is 14.1. The van der Waals surface area contributed by atoms with Crippen LogP contribution in [0.4, 0.5) is 0 Å². The minimum atomic E-state index is -1.42. The van der Waals surface area contributed by atoms with Crippen molar-refractivity contribution in [1.82, 2.24) is 20.4 Å². The number of fused-ring (bicyclic) bond motifs is 2. The SMILES string of the molecule is C=C(C)C(=O)NCCOC(=O)C(CC1CCCCC1)N1C(=O)c2cc(Oc3ccccc3)c3c4c(Oc5ccccc5)cc5c6c(cc(Oc7ccccc7)c(c7c(Oc8ccccc8)cc(c2c37)C1=O)c64)C(=O)N(C(CC1CCCCC1)C(=O)OCCNC(=O)C(=C)C)C5=O. The molecule has 2 N–H and O–H groups in total. The van der Waals surface area contributed by atoms with Gasteiger partial charge in [0.1, 0.15) is 71.3 Å². The lowest BCUT2D eigenvalue weighted by Gasteiger charge is -2.37. The van der Waals surface area contributed by atoms with Gasteiger partial charge in [0.15, 0.2) is 0 Å². The summed E-state index contributed by atoms with van der Waals surface area (Å²) >= 11 is 0. The van der Waals surface area contributed by atoms with E-state index in [9.17, 15) is 19.2 Å². The third-order valence-corrected chi connectivity index (χ3v) is 18.6. The molecule has 6 amide bonds. The van der Waals surface area contributed by atoms with Crippen LogP contribution in [0.15, 0.2) is 170 Å². The number of amides is 6. The molecule has 2 aliphatic carbocycles. The Morgan fingerprint density at radius 3 is 0.938 bits per heavy atom. The standard InChI is InChI=1S/C78H72N4O14/c1-45(2)71(83)79-35-37-91-77(89)57(39-47-23-11-5-12-24-47)81-73(85)53-41-59(93-49-27-15-7-16-28-49)65-67-61(95-51-31-19-9-20-32-51)43-55-64-56(76(88)82(75(55)87)58(40-48-25-13-6-14-26-48)78(90)92-38-36-80-72(84)46(3)4)44-62(96-52-33-21-10-22-34-52)68(70(64)67)66-60(94-50-29-17-8-18-30-50)42-54(74(81)86)63(53)69(65)66/h7-10,15-22,27-34,41-44,47-48,57-58H,1,3,5-6,11-14,23-26,35-40H2,2,4H3,(H,79,83)(H,80,84). The lowest BCUT2D eigenvalue weighted by atomic mass is 9.79. The molecule has 0 saturated heterocycles. The lowest BCUT2D eigenvalue weighted by Crippen LogP contribution is -2.52. The molecule has 0 radical (unpaired) electrons. The van der Waals surface area contributed by atoms with Crippen molar-refractivity contribution in [2.45, 2.75) is 103 Å². The number of imide groups is 2. The average molecular weight is 1290 g/mol. The first kappa shape index (κ1) is 63.9. The van der Waals surface area contributed by atoms with Crippen LogP contribution in [-0.2, 0) is 28.7 Å². The summed E-state index contributed by atoms with van der Waals surface area (Å²) in [6.45, 7) is 9.89.